The average Bonchev–Trinajstić information content (AvgIpc) is 2.95. The molecule has 1 atom stereocenters. The number of amides is 1. The van der Waals surface area contributed by atoms with Gasteiger partial charge in [-0.1, -0.05) is 29.8 Å². The third-order valence-electron chi connectivity index (χ3n) is 4.22. The summed E-state index contributed by atoms with van der Waals surface area (Å²) in [5.74, 6) is -0.391. The van der Waals surface area contributed by atoms with Gasteiger partial charge in [-0.3, -0.25) is 19.7 Å². The van der Waals surface area contributed by atoms with Gasteiger partial charge in [-0.05, 0) is 31.0 Å². The molecule has 22 heavy (non-hydrogen) atoms. The number of likely N-dealkylation sites (tertiary alicyclic amines) is 1. The van der Waals surface area contributed by atoms with Crippen molar-refractivity contribution in [2.45, 2.75) is 24.9 Å². The highest BCUT2D eigenvalue weighted by Gasteiger charge is 2.49. The van der Waals surface area contributed by atoms with Gasteiger partial charge in [0.25, 0.3) is 0 Å². The third-order valence-corrected chi connectivity index (χ3v) is 4.59. The zero-order chi connectivity index (χ0) is 15.6. The molecule has 1 aliphatic rings. The number of primary amides is 1. The Morgan fingerprint density at radius 3 is 2.86 bits per heavy atom. The van der Waals surface area contributed by atoms with Gasteiger partial charge in [-0.2, -0.15) is 0 Å². The molecule has 2 heterocycles. The molecule has 1 aliphatic heterocycles. The van der Waals surface area contributed by atoms with Gasteiger partial charge in [-0.25, -0.2) is 0 Å². The first kappa shape index (κ1) is 14.9. The van der Waals surface area contributed by atoms with Gasteiger partial charge in [-0.15, -0.1) is 0 Å². The molecule has 2 aromatic rings. The molecule has 0 saturated carbocycles. The van der Waals surface area contributed by atoms with Crippen molar-refractivity contribution in [1.82, 2.24) is 14.9 Å². The van der Waals surface area contributed by atoms with Crippen molar-refractivity contribution in [2.24, 2.45) is 5.73 Å². The number of carbonyl (C=O) groups excluding carboxylic acids is 1. The molecule has 0 bridgehead atoms. The summed E-state index contributed by atoms with van der Waals surface area (Å²) < 4.78 is 0. The minimum atomic E-state index is -0.909. The van der Waals surface area contributed by atoms with Crippen LogP contribution >= 0.6 is 11.6 Å². The van der Waals surface area contributed by atoms with Crippen molar-refractivity contribution in [3.8, 4) is 0 Å². The second kappa shape index (κ2) is 6.02. The number of carbonyl (C=O) groups is 1. The molecule has 1 aromatic carbocycles. The lowest BCUT2D eigenvalue weighted by atomic mass is 9.91. The van der Waals surface area contributed by atoms with Gasteiger partial charge in [0.2, 0.25) is 5.91 Å². The summed E-state index contributed by atoms with van der Waals surface area (Å²) in [6.07, 6.45) is 6.32. The molecule has 0 unspecified atom stereocenters. The van der Waals surface area contributed by atoms with Crippen LogP contribution in [-0.2, 0) is 16.9 Å². The van der Waals surface area contributed by atoms with Crippen molar-refractivity contribution in [2.75, 3.05) is 6.54 Å². The first-order valence-corrected chi connectivity index (χ1v) is 7.57. The van der Waals surface area contributed by atoms with Gasteiger partial charge < -0.3 is 5.73 Å². The number of hydrogen-bond donors (Lipinski definition) is 1. The maximum Gasteiger partial charge on any atom is 0.244 e. The lowest BCUT2D eigenvalue weighted by molar-refractivity contribution is -0.129. The Morgan fingerprint density at radius 2 is 2.18 bits per heavy atom. The Bertz CT molecular complexity index is 679. The summed E-state index contributed by atoms with van der Waals surface area (Å²) in [5, 5.41) is 0.687. The van der Waals surface area contributed by atoms with Gasteiger partial charge in [0.05, 0.1) is 11.9 Å². The second-order valence-electron chi connectivity index (χ2n) is 5.43. The molecule has 0 spiro atoms. The molecule has 1 saturated heterocycles. The van der Waals surface area contributed by atoms with E-state index < -0.39 is 11.4 Å². The number of rotatable bonds is 4. The molecule has 0 aliphatic carbocycles. The lowest BCUT2D eigenvalue weighted by Gasteiger charge is -2.35. The van der Waals surface area contributed by atoms with E-state index in [1.54, 1.807) is 18.6 Å². The number of aromatic nitrogens is 2. The second-order valence-corrected chi connectivity index (χ2v) is 5.84. The van der Waals surface area contributed by atoms with Crippen LogP contribution in [0.15, 0.2) is 42.9 Å². The van der Waals surface area contributed by atoms with Crippen molar-refractivity contribution < 1.29 is 4.79 Å². The van der Waals surface area contributed by atoms with E-state index in [0.717, 1.165) is 18.5 Å². The van der Waals surface area contributed by atoms with Gasteiger partial charge >= 0.3 is 0 Å². The van der Waals surface area contributed by atoms with Crippen LogP contribution in [0.3, 0.4) is 0 Å². The van der Waals surface area contributed by atoms with Crippen LogP contribution < -0.4 is 5.73 Å². The Morgan fingerprint density at radius 1 is 1.36 bits per heavy atom. The zero-order valence-corrected chi connectivity index (χ0v) is 12.8. The Balaban J connectivity index is 1.99. The molecule has 1 amide bonds. The summed E-state index contributed by atoms with van der Waals surface area (Å²) in [4.78, 5) is 22.8. The van der Waals surface area contributed by atoms with E-state index in [9.17, 15) is 4.79 Å². The first-order chi connectivity index (χ1) is 10.6. The van der Waals surface area contributed by atoms with Gasteiger partial charge in [0.15, 0.2) is 0 Å². The molecule has 2 N–H and O–H groups in total. The summed E-state index contributed by atoms with van der Waals surface area (Å²) in [6.45, 7) is 1.32. The zero-order valence-electron chi connectivity index (χ0n) is 12.1. The quantitative estimate of drug-likeness (QED) is 0.937. The maximum atomic E-state index is 12.3. The summed E-state index contributed by atoms with van der Waals surface area (Å²) in [6, 6.07) is 7.63. The average molecular weight is 317 g/mol. The highest BCUT2D eigenvalue weighted by atomic mass is 35.5. The number of hydrogen-bond acceptors (Lipinski definition) is 4. The van der Waals surface area contributed by atoms with Crippen molar-refractivity contribution >= 4 is 17.5 Å². The summed E-state index contributed by atoms with van der Waals surface area (Å²) >= 11 is 6.25. The predicted octanol–water partition coefficient (Wildman–Crippen LogP) is 2.11. The summed E-state index contributed by atoms with van der Waals surface area (Å²) in [7, 11) is 0. The Hall–Kier alpha value is -1.98. The van der Waals surface area contributed by atoms with Crippen LogP contribution in [0.2, 0.25) is 5.02 Å². The molecular formula is C16H17ClN4O. The fourth-order valence-corrected chi connectivity index (χ4v) is 3.32. The minimum absolute atomic E-state index is 0.391. The number of halogens is 1. The van der Waals surface area contributed by atoms with E-state index >= 15 is 0 Å². The van der Waals surface area contributed by atoms with Gasteiger partial charge in [0.1, 0.15) is 5.54 Å². The van der Waals surface area contributed by atoms with E-state index in [0.29, 0.717) is 23.7 Å². The minimum Gasteiger partial charge on any atom is -0.368 e. The molecular weight excluding hydrogens is 300 g/mol. The van der Waals surface area contributed by atoms with Crippen molar-refractivity contribution in [3.63, 3.8) is 0 Å². The molecule has 1 fully saturated rings. The van der Waals surface area contributed by atoms with E-state index in [1.165, 1.54) is 0 Å². The monoisotopic (exact) mass is 316 g/mol. The van der Waals surface area contributed by atoms with E-state index in [-0.39, 0.29) is 0 Å². The maximum absolute atomic E-state index is 12.3. The predicted molar refractivity (Wildman–Crippen MR) is 84.0 cm³/mol. The summed E-state index contributed by atoms with van der Waals surface area (Å²) in [5.41, 5.74) is 6.43. The van der Waals surface area contributed by atoms with Crippen molar-refractivity contribution in [1.29, 1.82) is 0 Å². The Kier molecular flexibility index (Phi) is 4.09. The number of benzene rings is 1. The molecule has 0 radical (unpaired) electrons. The van der Waals surface area contributed by atoms with Gasteiger partial charge in [0, 0.05) is 24.0 Å². The highest BCUT2D eigenvalue weighted by molar-refractivity contribution is 6.31. The molecule has 5 nitrogen and oxygen atoms in total. The van der Waals surface area contributed by atoms with Crippen LogP contribution in [0, 0.1) is 0 Å². The van der Waals surface area contributed by atoms with Crippen LogP contribution in [0.1, 0.15) is 24.1 Å². The Labute approximate surface area is 134 Å². The lowest BCUT2D eigenvalue weighted by Crippen LogP contribution is -2.51. The molecule has 114 valence electrons. The largest absolute Gasteiger partial charge is 0.368 e. The van der Waals surface area contributed by atoms with E-state index in [1.807, 2.05) is 24.3 Å². The molecule has 6 heteroatoms. The number of nitrogens with two attached hydrogens (primary N) is 1. The fourth-order valence-electron chi connectivity index (χ4n) is 3.13. The highest BCUT2D eigenvalue weighted by Crippen LogP contribution is 2.39. The van der Waals surface area contributed by atoms with E-state index in [2.05, 4.69) is 14.9 Å². The molecule has 3 rings (SSSR count). The van der Waals surface area contributed by atoms with E-state index in [4.69, 9.17) is 17.3 Å². The number of nitrogens with zero attached hydrogens (tertiary/aromatic N) is 3. The topological polar surface area (TPSA) is 72.1 Å². The molecule has 1 aromatic heterocycles. The van der Waals surface area contributed by atoms with Crippen LogP contribution in [-0.4, -0.2) is 27.3 Å². The fraction of sp³-hybridized carbons (Fsp3) is 0.312. The van der Waals surface area contributed by atoms with Crippen LogP contribution in [0.25, 0.3) is 0 Å². The third kappa shape index (κ3) is 2.46. The first-order valence-electron chi connectivity index (χ1n) is 7.19. The van der Waals surface area contributed by atoms with Crippen molar-refractivity contribution in [3.05, 3.63) is 59.1 Å². The normalized spacial score (nSPS) is 21.9. The standard InChI is InChI=1S/C16H17ClN4O/c17-13-5-2-1-4-12(13)11-21-9-3-6-16(21,15(18)22)14-10-19-7-8-20-14/h1-2,4-5,7-8,10H,3,6,9,11H2,(H2,18,22)/t16-/m1/s1. The van der Waals surface area contributed by atoms with Crippen LogP contribution in [0.4, 0.5) is 0 Å². The SMILES string of the molecule is NC(=O)[C@]1(c2cnccn2)CCCN1Cc1ccccc1Cl. The van der Waals surface area contributed by atoms with Crippen LogP contribution in [0.5, 0.6) is 0 Å². The smallest absolute Gasteiger partial charge is 0.244 e.